The predicted octanol–water partition coefficient (Wildman–Crippen LogP) is 2.37. The molecule has 1 aromatic heterocycles. The van der Waals surface area contributed by atoms with Crippen LogP contribution in [-0.2, 0) is 6.54 Å². The smallest absolute Gasteiger partial charge is 0.283 e. The van der Waals surface area contributed by atoms with Crippen LogP contribution in [0.25, 0.3) is 0 Å². The van der Waals surface area contributed by atoms with Gasteiger partial charge in [0.2, 0.25) is 0 Å². The fourth-order valence-corrected chi connectivity index (χ4v) is 3.37. The molecule has 0 amide bonds. The maximum atomic E-state index is 12.4. The van der Waals surface area contributed by atoms with E-state index in [9.17, 15) is 4.79 Å². The quantitative estimate of drug-likeness (QED) is 0.879. The van der Waals surface area contributed by atoms with E-state index in [0.717, 1.165) is 37.9 Å². The van der Waals surface area contributed by atoms with Crippen LogP contribution in [0.1, 0.15) is 39.5 Å². The Labute approximate surface area is 134 Å². The second-order valence-corrected chi connectivity index (χ2v) is 6.70. The Balaban J connectivity index is 2.27. The largest absolute Gasteiger partial charge is 0.366 e. The molecule has 0 radical (unpaired) electrons. The van der Waals surface area contributed by atoms with Gasteiger partial charge in [-0.1, -0.05) is 13.3 Å². The first-order chi connectivity index (χ1) is 10.1. The van der Waals surface area contributed by atoms with Gasteiger partial charge < -0.3 is 10.6 Å². The molecule has 21 heavy (non-hydrogen) atoms. The van der Waals surface area contributed by atoms with Crippen LogP contribution >= 0.6 is 15.9 Å². The van der Waals surface area contributed by atoms with Crippen LogP contribution in [0.2, 0.25) is 0 Å². The van der Waals surface area contributed by atoms with Crippen molar-refractivity contribution in [3.8, 4) is 0 Å². The Morgan fingerprint density at radius 1 is 1.48 bits per heavy atom. The lowest BCUT2D eigenvalue weighted by atomic mass is 9.93. The molecule has 2 rings (SSSR count). The molecule has 2 N–H and O–H groups in total. The molecule has 1 saturated heterocycles. The zero-order chi connectivity index (χ0) is 15.4. The summed E-state index contributed by atoms with van der Waals surface area (Å²) in [6.45, 7) is 6.58. The first kappa shape index (κ1) is 16.5. The monoisotopic (exact) mass is 356 g/mol. The zero-order valence-corrected chi connectivity index (χ0v) is 14.5. The van der Waals surface area contributed by atoms with Gasteiger partial charge >= 0.3 is 0 Å². The number of hydrogen-bond acceptors (Lipinski definition) is 4. The lowest BCUT2D eigenvalue weighted by Gasteiger charge is -2.39. The van der Waals surface area contributed by atoms with E-state index in [4.69, 9.17) is 5.73 Å². The van der Waals surface area contributed by atoms with E-state index in [2.05, 4.69) is 39.8 Å². The molecule has 2 unspecified atom stereocenters. The number of anilines is 1. The van der Waals surface area contributed by atoms with Crippen LogP contribution < -0.4 is 16.2 Å². The van der Waals surface area contributed by atoms with E-state index in [1.165, 1.54) is 0 Å². The Morgan fingerprint density at radius 2 is 2.24 bits per heavy atom. The summed E-state index contributed by atoms with van der Waals surface area (Å²) in [7, 11) is 0. The highest BCUT2D eigenvalue weighted by atomic mass is 79.9. The summed E-state index contributed by atoms with van der Waals surface area (Å²) in [5.74, 6) is 0.496. The van der Waals surface area contributed by atoms with Crippen LogP contribution in [0, 0.1) is 5.92 Å². The van der Waals surface area contributed by atoms with Gasteiger partial charge in [-0.15, -0.1) is 0 Å². The van der Waals surface area contributed by atoms with Gasteiger partial charge in [0.1, 0.15) is 4.47 Å². The van der Waals surface area contributed by atoms with Gasteiger partial charge in [0.25, 0.3) is 5.56 Å². The number of aryl methyl sites for hydroxylation is 1. The molecule has 5 nitrogen and oxygen atoms in total. The van der Waals surface area contributed by atoms with Crippen molar-refractivity contribution in [3.63, 3.8) is 0 Å². The third-order valence-electron chi connectivity index (χ3n) is 4.31. The third kappa shape index (κ3) is 3.66. The number of hydrogen-bond donors (Lipinski definition) is 1. The molecule has 0 spiro atoms. The first-order valence-corrected chi connectivity index (χ1v) is 8.60. The average molecular weight is 357 g/mol. The molecule has 1 aliphatic heterocycles. The van der Waals surface area contributed by atoms with Gasteiger partial charge in [-0.05, 0) is 54.6 Å². The van der Waals surface area contributed by atoms with Crippen LogP contribution in [0.15, 0.2) is 15.5 Å². The second-order valence-electron chi connectivity index (χ2n) is 5.91. The van der Waals surface area contributed by atoms with Crippen molar-refractivity contribution in [2.45, 2.75) is 52.1 Å². The number of nitrogens with zero attached hydrogens (tertiary/aromatic N) is 3. The molecular formula is C15H25BrN4O. The standard InChI is InChI=1S/C15H25BrN4O/c1-3-4-7-20-15(21)14(16)13(9-18-20)19-10-12(8-17)6-5-11(19)2/h9,11-12H,3-8,10,17H2,1-2H3. The molecule has 0 bridgehead atoms. The predicted molar refractivity (Wildman–Crippen MR) is 89.7 cm³/mol. The molecule has 2 atom stereocenters. The molecule has 0 aliphatic carbocycles. The van der Waals surface area contributed by atoms with Crippen molar-refractivity contribution >= 4 is 21.6 Å². The third-order valence-corrected chi connectivity index (χ3v) is 5.06. The maximum absolute atomic E-state index is 12.4. The van der Waals surface area contributed by atoms with E-state index in [1.54, 1.807) is 4.68 Å². The Morgan fingerprint density at radius 3 is 2.90 bits per heavy atom. The highest BCUT2D eigenvalue weighted by molar-refractivity contribution is 9.10. The van der Waals surface area contributed by atoms with E-state index >= 15 is 0 Å². The van der Waals surface area contributed by atoms with E-state index in [-0.39, 0.29) is 5.56 Å². The van der Waals surface area contributed by atoms with Gasteiger partial charge in [-0.2, -0.15) is 5.10 Å². The van der Waals surface area contributed by atoms with E-state index in [0.29, 0.717) is 29.5 Å². The fraction of sp³-hybridized carbons (Fsp3) is 0.733. The van der Waals surface area contributed by atoms with Crippen molar-refractivity contribution in [2.75, 3.05) is 18.0 Å². The summed E-state index contributed by atoms with van der Waals surface area (Å²) >= 11 is 3.48. The number of halogens is 1. The van der Waals surface area contributed by atoms with Gasteiger partial charge in [-0.25, -0.2) is 4.68 Å². The molecular weight excluding hydrogens is 332 g/mol. The maximum Gasteiger partial charge on any atom is 0.283 e. The Hall–Kier alpha value is -0.880. The number of nitrogens with two attached hydrogens (primary N) is 1. The SMILES string of the molecule is CCCCn1ncc(N2CC(CN)CCC2C)c(Br)c1=O. The van der Waals surface area contributed by atoms with Crippen molar-refractivity contribution in [1.29, 1.82) is 0 Å². The zero-order valence-electron chi connectivity index (χ0n) is 12.9. The highest BCUT2D eigenvalue weighted by Gasteiger charge is 2.27. The fourth-order valence-electron chi connectivity index (χ4n) is 2.83. The van der Waals surface area contributed by atoms with Gasteiger partial charge in [0, 0.05) is 19.1 Å². The lowest BCUT2D eigenvalue weighted by molar-refractivity contribution is 0.372. The molecule has 118 valence electrons. The first-order valence-electron chi connectivity index (χ1n) is 7.80. The second kappa shape index (κ2) is 7.40. The van der Waals surface area contributed by atoms with Crippen LogP contribution in [0.3, 0.4) is 0 Å². The van der Waals surface area contributed by atoms with Gasteiger partial charge in [-0.3, -0.25) is 4.79 Å². The molecule has 1 aliphatic rings. The summed E-state index contributed by atoms with van der Waals surface area (Å²) in [6, 6.07) is 0.414. The molecule has 0 saturated carbocycles. The molecule has 6 heteroatoms. The normalized spacial score (nSPS) is 22.6. The minimum Gasteiger partial charge on any atom is -0.366 e. The molecule has 1 fully saturated rings. The van der Waals surface area contributed by atoms with Crippen molar-refractivity contribution < 1.29 is 0 Å². The summed E-state index contributed by atoms with van der Waals surface area (Å²) in [5.41, 5.74) is 6.68. The summed E-state index contributed by atoms with van der Waals surface area (Å²) in [5, 5.41) is 4.34. The molecule has 0 aromatic carbocycles. The highest BCUT2D eigenvalue weighted by Crippen LogP contribution is 2.30. The van der Waals surface area contributed by atoms with E-state index in [1.807, 2.05) is 6.20 Å². The topological polar surface area (TPSA) is 64.2 Å². The Kier molecular flexibility index (Phi) is 5.81. The lowest BCUT2D eigenvalue weighted by Crippen LogP contribution is -2.45. The van der Waals surface area contributed by atoms with Gasteiger partial charge in [0.05, 0.1) is 11.9 Å². The summed E-state index contributed by atoms with van der Waals surface area (Å²) in [4.78, 5) is 14.7. The Bertz CT molecular complexity index is 531. The number of aromatic nitrogens is 2. The van der Waals surface area contributed by atoms with Crippen LogP contribution in [0.4, 0.5) is 5.69 Å². The van der Waals surface area contributed by atoms with Crippen molar-refractivity contribution in [3.05, 3.63) is 21.0 Å². The van der Waals surface area contributed by atoms with Gasteiger partial charge in [0.15, 0.2) is 0 Å². The van der Waals surface area contributed by atoms with Crippen LogP contribution in [0.5, 0.6) is 0 Å². The number of piperidine rings is 1. The minimum atomic E-state index is -0.0389. The molecule has 1 aromatic rings. The summed E-state index contributed by atoms with van der Waals surface area (Å²) < 4.78 is 2.17. The van der Waals surface area contributed by atoms with E-state index < -0.39 is 0 Å². The van der Waals surface area contributed by atoms with Crippen molar-refractivity contribution in [1.82, 2.24) is 9.78 Å². The van der Waals surface area contributed by atoms with Crippen LogP contribution in [-0.4, -0.2) is 28.9 Å². The average Bonchev–Trinajstić information content (AvgIpc) is 2.50. The minimum absolute atomic E-state index is 0.0389. The number of unbranched alkanes of at least 4 members (excludes halogenated alkanes) is 1. The molecule has 2 heterocycles. The van der Waals surface area contributed by atoms with Crippen molar-refractivity contribution in [2.24, 2.45) is 11.7 Å². The summed E-state index contributed by atoms with van der Waals surface area (Å²) in [6.07, 6.45) is 6.10. The number of rotatable bonds is 5.